The highest BCUT2D eigenvalue weighted by Gasteiger charge is 1.93. The van der Waals surface area contributed by atoms with Crippen molar-refractivity contribution in [3.63, 3.8) is 0 Å². The molecule has 0 saturated carbocycles. The summed E-state index contributed by atoms with van der Waals surface area (Å²) in [5.41, 5.74) is 0. The fraction of sp³-hybridized carbons (Fsp3) is 0.667. The third kappa shape index (κ3) is 3.53. The van der Waals surface area contributed by atoms with Crippen LogP contribution in [0.25, 0.3) is 0 Å². The van der Waals surface area contributed by atoms with Gasteiger partial charge in [0.05, 0.1) is 0 Å². The molecule has 1 nitrogen and oxygen atoms in total. The molecule has 1 aliphatic rings. The molecule has 0 aromatic rings. The van der Waals surface area contributed by atoms with Crippen LogP contribution >= 0.6 is 0 Å². The van der Waals surface area contributed by atoms with Crippen molar-refractivity contribution >= 4 is 0 Å². The van der Waals surface area contributed by atoms with E-state index in [1.54, 1.807) is 0 Å². The smallest absolute Gasteiger partial charge is 0 e. The minimum absolute atomic E-state index is 0. The average Bonchev–Trinajstić information content (AvgIpc) is 2.23. The van der Waals surface area contributed by atoms with Crippen molar-refractivity contribution in [1.29, 1.82) is 0 Å². The molecule has 1 aliphatic heterocycles. The minimum Gasteiger partial charge on any atom is -0.317 e. The Hall–Kier alpha value is -0.300. The third-order valence-corrected chi connectivity index (χ3v) is 0.957. The van der Waals surface area contributed by atoms with Gasteiger partial charge in [-0.2, -0.15) is 0 Å². The van der Waals surface area contributed by atoms with Crippen LogP contribution in [0.3, 0.4) is 0 Å². The summed E-state index contributed by atoms with van der Waals surface area (Å²) in [6.45, 7) is 8.50. The summed E-state index contributed by atoms with van der Waals surface area (Å²) in [4.78, 5) is 0. The van der Waals surface area contributed by atoms with Gasteiger partial charge in [-0.3, -0.25) is 0 Å². The first-order valence-corrected chi connectivity index (χ1v) is 2.71. The zero-order valence-electron chi connectivity index (χ0n) is 4.74. The van der Waals surface area contributed by atoms with Crippen LogP contribution in [0, 0.1) is 0 Å². The van der Waals surface area contributed by atoms with Crippen LogP contribution in [0.5, 0.6) is 0 Å². The Morgan fingerprint density at radius 2 is 1.57 bits per heavy atom. The summed E-state index contributed by atoms with van der Waals surface area (Å²) in [6.07, 6.45) is 2.78. The highest BCUT2D eigenvalue weighted by molar-refractivity contribution is 4.55. The molecule has 1 rings (SSSR count). The van der Waals surface area contributed by atoms with E-state index in [4.69, 9.17) is 0 Å². The predicted molar refractivity (Wildman–Crippen MR) is 35.5 cm³/mol. The molecule has 1 N–H and O–H groups in total. The molecule has 0 atom stereocenters. The zero-order chi connectivity index (χ0) is 5.54. The molecule has 7 heavy (non-hydrogen) atoms. The fourth-order valence-electron chi connectivity index (χ4n) is 0.625. The second-order valence-corrected chi connectivity index (χ2v) is 1.46. The van der Waals surface area contributed by atoms with Crippen molar-refractivity contribution < 1.29 is 1.43 Å². The summed E-state index contributed by atoms with van der Waals surface area (Å²) in [7, 11) is 0. The molecule has 1 fully saturated rings. The molecule has 44 valence electrons. The minimum atomic E-state index is 0. The summed E-state index contributed by atoms with van der Waals surface area (Å²) in [5.74, 6) is 0. The SMILES string of the molecule is C1CCNC1.C=C.[HH]. The van der Waals surface area contributed by atoms with Crippen LogP contribution in [0.15, 0.2) is 13.2 Å². The largest absolute Gasteiger partial charge is 0.317 e. The molecule has 1 heteroatoms. The molecule has 0 amide bonds. The molecule has 0 aliphatic carbocycles. The summed E-state index contributed by atoms with van der Waals surface area (Å²) in [6, 6.07) is 0. The molecule has 0 aromatic heterocycles. The number of rotatable bonds is 0. The first kappa shape index (κ1) is 6.70. The van der Waals surface area contributed by atoms with Crippen molar-refractivity contribution in [3.8, 4) is 0 Å². The van der Waals surface area contributed by atoms with Gasteiger partial charge in [-0.25, -0.2) is 0 Å². The monoisotopic (exact) mass is 101 g/mol. The molecule has 0 unspecified atom stereocenters. The van der Waals surface area contributed by atoms with E-state index in [9.17, 15) is 0 Å². The van der Waals surface area contributed by atoms with E-state index in [1.807, 2.05) is 0 Å². The second kappa shape index (κ2) is 5.70. The van der Waals surface area contributed by atoms with Crippen LogP contribution in [-0.2, 0) is 0 Å². The Labute approximate surface area is 46.9 Å². The highest BCUT2D eigenvalue weighted by atomic mass is 14.9. The van der Waals surface area contributed by atoms with E-state index < -0.39 is 0 Å². The predicted octanol–water partition coefficient (Wildman–Crippen LogP) is 1.42. The summed E-state index contributed by atoms with van der Waals surface area (Å²) >= 11 is 0. The van der Waals surface area contributed by atoms with Gasteiger partial charge in [0, 0.05) is 1.43 Å². The second-order valence-electron chi connectivity index (χ2n) is 1.46. The van der Waals surface area contributed by atoms with Gasteiger partial charge in [-0.15, -0.1) is 13.2 Å². The van der Waals surface area contributed by atoms with Crippen molar-refractivity contribution in [2.75, 3.05) is 13.1 Å². The van der Waals surface area contributed by atoms with Gasteiger partial charge in [0.1, 0.15) is 0 Å². The highest BCUT2D eigenvalue weighted by Crippen LogP contribution is 1.90. The van der Waals surface area contributed by atoms with Crippen LogP contribution in [0.1, 0.15) is 14.3 Å². The maximum atomic E-state index is 3.22. The summed E-state index contributed by atoms with van der Waals surface area (Å²) in [5, 5.41) is 3.22. The van der Waals surface area contributed by atoms with Gasteiger partial charge in [0.15, 0.2) is 0 Å². The van der Waals surface area contributed by atoms with E-state index >= 15 is 0 Å². The van der Waals surface area contributed by atoms with Crippen molar-refractivity contribution in [2.45, 2.75) is 12.8 Å². The molecule has 0 bridgehead atoms. The van der Waals surface area contributed by atoms with E-state index in [0.29, 0.717) is 0 Å². The lowest BCUT2D eigenvalue weighted by Gasteiger charge is -1.76. The van der Waals surface area contributed by atoms with Gasteiger partial charge in [-0.05, 0) is 25.9 Å². The van der Waals surface area contributed by atoms with E-state index in [0.717, 1.165) is 0 Å². The maximum absolute atomic E-state index is 3.22. The van der Waals surface area contributed by atoms with Gasteiger partial charge in [-0.1, -0.05) is 0 Å². The summed E-state index contributed by atoms with van der Waals surface area (Å²) < 4.78 is 0. The molecule has 1 saturated heterocycles. The van der Waals surface area contributed by atoms with E-state index in [2.05, 4.69) is 18.5 Å². The number of hydrogen-bond donors (Lipinski definition) is 1. The van der Waals surface area contributed by atoms with Crippen LogP contribution in [0.4, 0.5) is 0 Å². The maximum Gasteiger partial charge on any atom is 0 e. The third-order valence-electron chi connectivity index (χ3n) is 0.957. The molecule has 0 spiro atoms. The molecular formula is C6H15N. The Kier molecular flexibility index (Phi) is 5.46. The lowest BCUT2D eigenvalue weighted by atomic mass is 10.4. The first-order valence-electron chi connectivity index (χ1n) is 2.71. The average molecular weight is 101 g/mol. The Morgan fingerprint density at radius 1 is 1.14 bits per heavy atom. The number of nitrogens with one attached hydrogen (secondary N) is 1. The van der Waals surface area contributed by atoms with Crippen molar-refractivity contribution in [1.82, 2.24) is 5.32 Å². The molecule has 0 radical (unpaired) electrons. The van der Waals surface area contributed by atoms with E-state index in [-0.39, 0.29) is 1.43 Å². The van der Waals surface area contributed by atoms with Crippen molar-refractivity contribution in [2.24, 2.45) is 0 Å². The van der Waals surface area contributed by atoms with Crippen LogP contribution in [0.2, 0.25) is 0 Å². The zero-order valence-corrected chi connectivity index (χ0v) is 4.74. The normalized spacial score (nSPS) is 17.7. The first-order chi connectivity index (χ1) is 3.50. The fourth-order valence-corrected chi connectivity index (χ4v) is 0.625. The van der Waals surface area contributed by atoms with Crippen molar-refractivity contribution in [3.05, 3.63) is 13.2 Å². The Bertz CT molecular complexity index is 27.9. The van der Waals surface area contributed by atoms with E-state index in [1.165, 1.54) is 25.9 Å². The molecule has 0 aromatic carbocycles. The quantitative estimate of drug-likeness (QED) is 0.455. The lowest BCUT2D eigenvalue weighted by Crippen LogP contribution is -2.03. The van der Waals surface area contributed by atoms with Crippen LogP contribution in [-0.4, -0.2) is 13.1 Å². The Morgan fingerprint density at radius 3 is 1.71 bits per heavy atom. The van der Waals surface area contributed by atoms with Gasteiger partial charge in [0.25, 0.3) is 0 Å². The lowest BCUT2D eigenvalue weighted by molar-refractivity contribution is 0.857. The molecule has 1 heterocycles. The topological polar surface area (TPSA) is 12.0 Å². The van der Waals surface area contributed by atoms with Gasteiger partial charge in [0.2, 0.25) is 0 Å². The standard InChI is InChI=1S/C4H9N.C2H4.H2/c1-2-4-5-3-1;1-2;/h5H,1-4H2;1-2H2;1H. The van der Waals surface area contributed by atoms with Gasteiger partial charge >= 0.3 is 0 Å². The van der Waals surface area contributed by atoms with Gasteiger partial charge < -0.3 is 5.32 Å². The van der Waals surface area contributed by atoms with Crippen LogP contribution < -0.4 is 5.32 Å². The molecular weight excluding hydrogens is 86.1 g/mol. The Balaban J connectivity index is 0. The number of hydrogen-bond acceptors (Lipinski definition) is 1.